The molecule has 116 valence electrons. The van der Waals surface area contributed by atoms with Gasteiger partial charge in [0.05, 0.1) is 11.9 Å². The predicted octanol–water partition coefficient (Wildman–Crippen LogP) is 3.86. The first-order valence-electron chi connectivity index (χ1n) is 6.83. The average Bonchev–Trinajstić information content (AvgIpc) is 3.17. The van der Waals surface area contributed by atoms with E-state index in [1.165, 1.54) is 4.88 Å². The lowest BCUT2D eigenvalue weighted by Crippen LogP contribution is -2.17. The Morgan fingerprint density at radius 3 is 2.78 bits per heavy atom. The fourth-order valence-corrected chi connectivity index (χ4v) is 2.82. The topological polar surface area (TPSA) is 70.1 Å². The number of aromatic nitrogens is 2. The quantitative estimate of drug-likeness (QED) is 0.557. The molecule has 1 amide bonds. The molecule has 23 heavy (non-hydrogen) atoms. The van der Waals surface area contributed by atoms with E-state index >= 15 is 0 Å². The van der Waals surface area contributed by atoms with Gasteiger partial charge in [-0.3, -0.25) is 9.89 Å². The third-order valence-electron chi connectivity index (χ3n) is 3.08. The number of thiophene rings is 1. The number of H-pyrrole nitrogens is 1. The molecule has 2 N–H and O–H groups in total. The minimum atomic E-state index is -0.345. The van der Waals surface area contributed by atoms with Crippen molar-refractivity contribution >= 4 is 35.1 Å². The van der Waals surface area contributed by atoms with Crippen LogP contribution in [0.1, 0.15) is 20.2 Å². The van der Waals surface area contributed by atoms with Gasteiger partial charge < -0.3 is 0 Å². The van der Waals surface area contributed by atoms with Crippen molar-refractivity contribution in [2.75, 3.05) is 0 Å². The van der Waals surface area contributed by atoms with Crippen molar-refractivity contribution in [1.82, 2.24) is 15.6 Å². The standard InChI is InChI=1S/C16H13ClN4OS/c1-10-2-7-13(23-10)9-18-21-16(22)15-8-14(19-20-15)11-3-5-12(17)6-4-11/h2-9H,1H3,(H,19,20)(H,21,22)/b18-9-. The molecule has 0 spiro atoms. The van der Waals surface area contributed by atoms with E-state index < -0.39 is 0 Å². The molecule has 0 saturated carbocycles. The second-order valence-corrected chi connectivity index (χ2v) is 6.58. The van der Waals surface area contributed by atoms with Crippen LogP contribution in [-0.4, -0.2) is 22.3 Å². The number of amides is 1. The number of nitrogens with zero attached hydrogens (tertiary/aromatic N) is 2. The number of carbonyl (C=O) groups excluding carboxylic acids is 1. The predicted molar refractivity (Wildman–Crippen MR) is 93.1 cm³/mol. The molecule has 0 aliphatic heterocycles. The monoisotopic (exact) mass is 344 g/mol. The second kappa shape index (κ2) is 6.76. The summed E-state index contributed by atoms with van der Waals surface area (Å²) < 4.78 is 0. The number of hydrazone groups is 1. The third-order valence-corrected chi connectivity index (χ3v) is 4.27. The molecule has 0 aliphatic rings. The number of aryl methyl sites for hydroxylation is 1. The Labute approximate surface area is 142 Å². The molecule has 0 radical (unpaired) electrons. The number of hydrogen-bond acceptors (Lipinski definition) is 4. The Morgan fingerprint density at radius 2 is 2.09 bits per heavy atom. The molecule has 0 fully saturated rings. The minimum absolute atomic E-state index is 0.342. The number of rotatable bonds is 4. The fraction of sp³-hybridized carbons (Fsp3) is 0.0625. The number of halogens is 1. The summed E-state index contributed by atoms with van der Waals surface area (Å²) in [7, 11) is 0. The van der Waals surface area contributed by atoms with Gasteiger partial charge in [0.25, 0.3) is 5.91 Å². The molecule has 2 heterocycles. The van der Waals surface area contributed by atoms with Crippen molar-refractivity contribution in [3.05, 3.63) is 62.9 Å². The van der Waals surface area contributed by atoms with Crippen LogP contribution >= 0.6 is 22.9 Å². The van der Waals surface area contributed by atoms with Crippen molar-refractivity contribution in [2.45, 2.75) is 6.92 Å². The average molecular weight is 345 g/mol. The van der Waals surface area contributed by atoms with E-state index in [9.17, 15) is 4.79 Å². The molecule has 5 nitrogen and oxygen atoms in total. The molecule has 0 bridgehead atoms. The Hall–Kier alpha value is -2.44. The van der Waals surface area contributed by atoms with Crippen LogP contribution in [0.3, 0.4) is 0 Å². The Bertz CT molecular complexity index is 851. The maximum Gasteiger partial charge on any atom is 0.289 e. The van der Waals surface area contributed by atoms with Gasteiger partial charge in [-0.15, -0.1) is 11.3 Å². The highest BCUT2D eigenvalue weighted by molar-refractivity contribution is 7.13. The van der Waals surface area contributed by atoms with E-state index in [0.717, 1.165) is 10.4 Å². The highest BCUT2D eigenvalue weighted by atomic mass is 35.5. The van der Waals surface area contributed by atoms with Crippen LogP contribution in [0.5, 0.6) is 0 Å². The van der Waals surface area contributed by atoms with Gasteiger partial charge in [-0.2, -0.15) is 10.2 Å². The SMILES string of the molecule is Cc1ccc(/C=N\NC(=O)c2cc(-c3ccc(Cl)cc3)n[nH]2)s1. The maximum absolute atomic E-state index is 12.0. The molecule has 2 aromatic heterocycles. The van der Waals surface area contributed by atoms with E-state index in [1.807, 2.05) is 31.2 Å². The van der Waals surface area contributed by atoms with Crippen LogP contribution in [-0.2, 0) is 0 Å². The molecule has 3 rings (SSSR count). The second-order valence-electron chi connectivity index (χ2n) is 4.82. The molecule has 0 saturated heterocycles. The molecule has 7 heteroatoms. The van der Waals surface area contributed by atoms with E-state index in [2.05, 4.69) is 20.7 Å². The van der Waals surface area contributed by atoms with Gasteiger partial charge in [0.15, 0.2) is 0 Å². The summed E-state index contributed by atoms with van der Waals surface area (Å²) in [5.74, 6) is -0.345. The summed E-state index contributed by atoms with van der Waals surface area (Å²) in [6, 6.07) is 12.9. The summed E-state index contributed by atoms with van der Waals surface area (Å²) in [6.07, 6.45) is 1.62. The fourth-order valence-electron chi connectivity index (χ4n) is 1.94. The maximum atomic E-state index is 12.0. The molecule has 0 unspecified atom stereocenters. The van der Waals surface area contributed by atoms with Gasteiger partial charge in [-0.1, -0.05) is 23.7 Å². The van der Waals surface area contributed by atoms with Crippen molar-refractivity contribution < 1.29 is 4.79 Å². The molecule has 3 aromatic rings. The van der Waals surface area contributed by atoms with Gasteiger partial charge >= 0.3 is 0 Å². The van der Waals surface area contributed by atoms with Gasteiger partial charge in [-0.05, 0) is 37.3 Å². The Kier molecular flexibility index (Phi) is 4.55. The van der Waals surface area contributed by atoms with Crippen LogP contribution in [0.25, 0.3) is 11.3 Å². The molecular formula is C16H13ClN4OS. The zero-order valence-corrected chi connectivity index (χ0v) is 13.8. The Balaban J connectivity index is 1.66. The van der Waals surface area contributed by atoms with E-state index in [0.29, 0.717) is 16.4 Å². The third kappa shape index (κ3) is 3.85. The van der Waals surface area contributed by atoms with E-state index in [-0.39, 0.29) is 5.91 Å². The largest absolute Gasteiger partial charge is 0.289 e. The summed E-state index contributed by atoms with van der Waals surface area (Å²) in [5.41, 5.74) is 4.37. The normalized spacial score (nSPS) is 11.0. The van der Waals surface area contributed by atoms with Gasteiger partial charge in [-0.25, -0.2) is 5.43 Å². The van der Waals surface area contributed by atoms with Crippen molar-refractivity contribution in [3.8, 4) is 11.3 Å². The van der Waals surface area contributed by atoms with Crippen LogP contribution in [0.4, 0.5) is 0 Å². The minimum Gasteiger partial charge on any atom is -0.272 e. The van der Waals surface area contributed by atoms with Gasteiger partial charge in [0.1, 0.15) is 5.69 Å². The van der Waals surface area contributed by atoms with Crippen LogP contribution in [0, 0.1) is 6.92 Å². The first-order valence-corrected chi connectivity index (χ1v) is 8.02. The lowest BCUT2D eigenvalue weighted by Gasteiger charge is -1.95. The number of benzene rings is 1. The number of aromatic amines is 1. The molecule has 1 aromatic carbocycles. The van der Waals surface area contributed by atoms with Crippen LogP contribution < -0.4 is 5.43 Å². The van der Waals surface area contributed by atoms with Crippen molar-refractivity contribution in [3.63, 3.8) is 0 Å². The highest BCUT2D eigenvalue weighted by Crippen LogP contribution is 2.20. The lowest BCUT2D eigenvalue weighted by atomic mass is 10.1. The number of carbonyl (C=O) groups is 1. The first kappa shape index (κ1) is 15.5. The Morgan fingerprint density at radius 1 is 1.30 bits per heavy atom. The molecule has 0 aliphatic carbocycles. The molecule has 0 atom stereocenters. The smallest absolute Gasteiger partial charge is 0.272 e. The first-order chi connectivity index (χ1) is 11.1. The summed E-state index contributed by atoms with van der Waals surface area (Å²) in [5, 5.41) is 11.4. The van der Waals surface area contributed by atoms with Gasteiger partial charge in [0.2, 0.25) is 0 Å². The highest BCUT2D eigenvalue weighted by Gasteiger charge is 2.10. The van der Waals surface area contributed by atoms with Crippen molar-refractivity contribution in [2.24, 2.45) is 5.10 Å². The summed E-state index contributed by atoms with van der Waals surface area (Å²) in [6.45, 7) is 2.02. The van der Waals surface area contributed by atoms with Crippen LogP contribution in [0.15, 0.2) is 47.6 Å². The van der Waals surface area contributed by atoms with Crippen LogP contribution in [0.2, 0.25) is 5.02 Å². The van der Waals surface area contributed by atoms with E-state index in [1.54, 1.807) is 35.8 Å². The molecular weight excluding hydrogens is 332 g/mol. The summed E-state index contributed by atoms with van der Waals surface area (Å²) >= 11 is 7.46. The summed E-state index contributed by atoms with van der Waals surface area (Å²) in [4.78, 5) is 14.2. The number of nitrogens with one attached hydrogen (secondary N) is 2. The number of hydrogen-bond donors (Lipinski definition) is 2. The zero-order chi connectivity index (χ0) is 16.2. The van der Waals surface area contributed by atoms with Crippen molar-refractivity contribution in [1.29, 1.82) is 0 Å². The van der Waals surface area contributed by atoms with Gasteiger partial charge in [0, 0.05) is 20.3 Å². The lowest BCUT2D eigenvalue weighted by molar-refractivity contribution is 0.0950. The zero-order valence-electron chi connectivity index (χ0n) is 12.2. The van der Waals surface area contributed by atoms with E-state index in [4.69, 9.17) is 11.6 Å².